The van der Waals surface area contributed by atoms with E-state index in [4.69, 9.17) is 4.74 Å². The van der Waals surface area contributed by atoms with Gasteiger partial charge in [0.05, 0.1) is 6.04 Å². The van der Waals surface area contributed by atoms with Gasteiger partial charge in [-0.2, -0.15) is 0 Å². The molecule has 28 heavy (non-hydrogen) atoms. The first-order chi connectivity index (χ1) is 12.9. The zero-order valence-electron chi connectivity index (χ0n) is 16.1. The molecule has 0 aliphatic carbocycles. The number of hydrogen-bond acceptors (Lipinski definition) is 6. The van der Waals surface area contributed by atoms with Crippen molar-refractivity contribution in [2.24, 2.45) is 0 Å². The Bertz CT molecular complexity index is 896. The van der Waals surface area contributed by atoms with Crippen molar-refractivity contribution in [2.75, 3.05) is 6.54 Å². The largest absolute Gasteiger partial charge is 0.480 e. The number of aryl methyl sites for hydroxylation is 1. The number of aromatic nitrogens is 2. The normalized spacial score (nSPS) is 19.4. The average molecular weight is 396 g/mol. The van der Waals surface area contributed by atoms with Gasteiger partial charge < -0.3 is 20.1 Å². The fourth-order valence-corrected chi connectivity index (χ4v) is 2.90. The molecule has 2 amide bonds. The van der Waals surface area contributed by atoms with Crippen LogP contribution in [0.5, 0.6) is 0 Å². The SMILES string of the molecule is Cc1cn(CC(=O)N2C[C@H](NC(=O)OC(C)(C)C)C[C@H]2C(=O)O)c(=O)[nH]c1=O. The number of carbonyl (C=O) groups excluding carboxylic acids is 2. The Morgan fingerprint density at radius 3 is 2.54 bits per heavy atom. The summed E-state index contributed by atoms with van der Waals surface area (Å²) >= 11 is 0. The number of rotatable bonds is 4. The van der Waals surface area contributed by atoms with Gasteiger partial charge in [-0.3, -0.25) is 19.1 Å². The molecule has 154 valence electrons. The maximum atomic E-state index is 12.6. The molecule has 1 aromatic rings. The van der Waals surface area contributed by atoms with Gasteiger partial charge in [-0.05, 0) is 27.7 Å². The minimum atomic E-state index is -1.22. The van der Waals surface area contributed by atoms with Crippen molar-refractivity contribution in [1.29, 1.82) is 0 Å². The van der Waals surface area contributed by atoms with Gasteiger partial charge in [-0.25, -0.2) is 14.4 Å². The van der Waals surface area contributed by atoms with Gasteiger partial charge in [0, 0.05) is 24.7 Å². The lowest BCUT2D eigenvalue weighted by Crippen LogP contribution is -2.45. The molecular weight excluding hydrogens is 372 g/mol. The predicted molar refractivity (Wildman–Crippen MR) is 97.0 cm³/mol. The minimum Gasteiger partial charge on any atom is -0.480 e. The van der Waals surface area contributed by atoms with Crippen LogP contribution < -0.4 is 16.6 Å². The average Bonchev–Trinajstić information content (AvgIpc) is 2.94. The Hall–Kier alpha value is -3.11. The highest BCUT2D eigenvalue weighted by Gasteiger charge is 2.40. The highest BCUT2D eigenvalue weighted by molar-refractivity contribution is 5.84. The number of carbonyl (C=O) groups is 3. The molecule has 0 radical (unpaired) electrons. The van der Waals surface area contributed by atoms with E-state index in [-0.39, 0.29) is 18.5 Å². The van der Waals surface area contributed by atoms with E-state index in [1.54, 1.807) is 20.8 Å². The monoisotopic (exact) mass is 396 g/mol. The quantitative estimate of drug-likeness (QED) is 0.616. The van der Waals surface area contributed by atoms with Crippen molar-refractivity contribution in [3.05, 3.63) is 32.6 Å². The van der Waals surface area contributed by atoms with Crippen molar-refractivity contribution in [3.63, 3.8) is 0 Å². The van der Waals surface area contributed by atoms with Crippen LogP contribution in [0.2, 0.25) is 0 Å². The molecule has 11 heteroatoms. The number of H-pyrrole nitrogens is 1. The molecule has 3 N–H and O–H groups in total. The Morgan fingerprint density at radius 2 is 1.96 bits per heavy atom. The van der Waals surface area contributed by atoms with E-state index in [0.717, 1.165) is 9.47 Å². The predicted octanol–water partition coefficient (Wildman–Crippen LogP) is -0.576. The summed E-state index contributed by atoms with van der Waals surface area (Å²) < 4.78 is 6.15. The van der Waals surface area contributed by atoms with E-state index in [9.17, 15) is 29.1 Å². The lowest BCUT2D eigenvalue weighted by atomic mass is 10.1. The zero-order valence-corrected chi connectivity index (χ0v) is 16.1. The third-order valence-corrected chi connectivity index (χ3v) is 4.12. The van der Waals surface area contributed by atoms with Crippen molar-refractivity contribution in [3.8, 4) is 0 Å². The number of nitrogens with zero attached hydrogens (tertiary/aromatic N) is 2. The second-order valence-corrected chi connectivity index (χ2v) is 7.68. The minimum absolute atomic E-state index is 0.0138. The third-order valence-electron chi connectivity index (χ3n) is 4.12. The number of ether oxygens (including phenoxy) is 1. The summed E-state index contributed by atoms with van der Waals surface area (Å²) in [4.78, 5) is 62.5. The zero-order chi connectivity index (χ0) is 21.2. The molecular formula is C17H24N4O7. The molecule has 0 aromatic carbocycles. The van der Waals surface area contributed by atoms with Crippen LogP contribution in [0, 0.1) is 6.92 Å². The molecule has 11 nitrogen and oxygen atoms in total. The Kier molecular flexibility index (Phi) is 5.95. The lowest BCUT2D eigenvalue weighted by molar-refractivity contribution is -0.148. The molecule has 0 bridgehead atoms. The van der Waals surface area contributed by atoms with Crippen LogP contribution in [0.25, 0.3) is 0 Å². The number of aromatic amines is 1. The van der Waals surface area contributed by atoms with Crippen LogP contribution in [0.1, 0.15) is 32.8 Å². The number of aliphatic carboxylic acids is 1. The Labute approximate surface area is 160 Å². The molecule has 1 saturated heterocycles. The van der Waals surface area contributed by atoms with Crippen molar-refractivity contribution >= 4 is 18.0 Å². The van der Waals surface area contributed by atoms with Gasteiger partial charge in [0.25, 0.3) is 5.56 Å². The topological polar surface area (TPSA) is 151 Å². The van der Waals surface area contributed by atoms with Crippen LogP contribution >= 0.6 is 0 Å². The highest BCUT2D eigenvalue weighted by Crippen LogP contribution is 2.19. The second kappa shape index (κ2) is 7.87. The molecule has 1 fully saturated rings. The Morgan fingerprint density at radius 1 is 1.32 bits per heavy atom. The van der Waals surface area contributed by atoms with Gasteiger partial charge in [-0.1, -0.05) is 0 Å². The highest BCUT2D eigenvalue weighted by atomic mass is 16.6. The first kappa shape index (κ1) is 21.2. The molecule has 1 aliphatic heterocycles. The summed E-state index contributed by atoms with van der Waals surface area (Å²) in [5.41, 5.74) is -1.79. The van der Waals surface area contributed by atoms with Crippen LogP contribution in [-0.2, 0) is 20.9 Å². The smallest absolute Gasteiger partial charge is 0.407 e. The number of likely N-dealkylation sites (tertiary alicyclic amines) is 1. The number of alkyl carbamates (subject to hydrolysis) is 1. The number of hydrogen-bond donors (Lipinski definition) is 3. The Balaban J connectivity index is 2.12. The summed E-state index contributed by atoms with van der Waals surface area (Å²) in [6.45, 7) is 6.10. The summed E-state index contributed by atoms with van der Waals surface area (Å²) in [7, 11) is 0. The van der Waals surface area contributed by atoms with E-state index in [0.29, 0.717) is 0 Å². The van der Waals surface area contributed by atoms with Crippen LogP contribution in [0.4, 0.5) is 4.79 Å². The molecule has 1 aromatic heterocycles. The van der Waals surface area contributed by atoms with Gasteiger partial charge >= 0.3 is 17.8 Å². The van der Waals surface area contributed by atoms with E-state index < -0.39 is 53.4 Å². The second-order valence-electron chi connectivity index (χ2n) is 7.68. The van der Waals surface area contributed by atoms with Crippen LogP contribution in [-0.4, -0.2) is 61.8 Å². The molecule has 0 saturated carbocycles. The van der Waals surface area contributed by atoms with Crippen LogP contribution in [0.3, 0.4) is 0 Å². The molecule has 1 aliphatic rings. The van der Waals surface area contributed by atoms with Gasteiger partial charge in [0.1, 0.15) is 18.2 Å². The first-order valence-electron chi connectivity index (χ1n) is 8.69. The number of carboxylic acid groups (broad SMARTS) is 1. The van der Waals surface area contributed by atoms with E-state index in [1.807, 2.05) is 0 Å². The van der Waals surface area contributed by atoms with Gasteiger partial charge in [-0.15, -0.1) is 0 Å². The molecule has 0 unspecified atom stereocenters. The lowest BCUT2D eigenvalue weighted by Gasteiger charge is -2.22. The summed E-state index contributed by atoms with van der Waals surface area (Å²) in [5.74, 6) is -1.83. The summed E-state index contributed by atoms with van der Waals surface area (Å²) in [6, 6.07) is -1.75. The van der Waals surface area contributed by atoms with Gasteiger partial charge in [0.2, 0.25) is 5.91 Å². The fourth-order valence-electron chi connectivity index (χ4n) is 2.90. The van der Waals surface area contributed by atoms with E-state index >= 15 is 0 Å². The first-order valence-corrected chi connectivity index (χ1v) is 8.69. The number of amides is 2. The summed E-state index contributed by atoms with van der Waals surface area (Å²) in [6.07, 6.45) is 0.546. The molecule has 2 atom stereocenters. The standard InChI is InChI=1S/C17H24N4O7/c1-9-6-20(15(26)19-13(9)23)8-12(22)21-7-10(5-11(21)14(24)25)18-16(27)28-17(2,3)4/h6,10-11H,5,7-8H2,1-4H3,(H,18,27)(H,24,25)(H,19,23,26)/t10-,11+/m1/s1. The fraction of sp³-hybridized carbons (Fsp3) is 0.588. The van der Waals surface area contributed by atoms with Crippen molar-refractivity contribution in [1.82, 2.24) is 19.8 Å². The molecule has 2 heterocycles. The number of carboxylic acids is 1. The van der Waals surface area contributed by atoms with Gasteiger partial charge in [0.15, 0.2) is 0 Å². The van der Waals surface area contributed by atoms with Crippen molar-refractivity contribution in [2.45, 2.75) is 58.3 Å². The maximum Gasteiger partial charge on any atom is 0.407 e. The maximum absolute atomic E-state index is 12.6. The molecule has 2 rings (SSSR count). The van der Waals surface area contributed by atoms with Crippen LogP contribution in [0.15, 0.2) is 15.8 Å². The number of nitrogens with one attached hydrogen (secondary N) is 2. The molecule has 0 spiro atoms. The summed E-state index contributed by atoms with van der Waals surface area (Å²) in [5, 5.41) is 12.0. The third kappa shape index (κ3) is 5.21. The van der Waals surface area contributed by atoms with E-state index in [1.165, 1.54) is 13.1 Å². The van der Waals surface area contributed by atoms with E-state index in [2.05, 4.69) is 10.3 Å². The van der Waals surface area contributed by atoms with Crippen molar-refractivity contribution < 1.29 is 24.2 Å².